The molecule has 1 aromatic heterocycles. The summed E-state index contributed by atoms with van der Waals surface area (Å²) < 4.78 is 5.07. The van der Waals surface area contributed by atoms with E-state index < -0.39 is 17.8 Å². The molecule has 0 N–H and O–H groups in total. The number of ketones is 2. The second-order valence-corrected chi connectivity index (χ2v) is 6.41. The number of hydrogen-bond donors (Lipinski definition) is 0. The molecule has 0 amide bonds. The summed E-state index contributed by atoms with van der Waals surface area (Å²) in [7, 11) is 0. The van der Waals surface area contributed by atoms with Gasteiger partial charge in [0, 0.05) is 12.3 Å². The SMILES string of the molecule is CCOC(=O)C(C(C)=O)C(CC(=O)c1cccs1)c1ccccc1. The van der Waals surface area contributed by atoms with Crippen LogP contribution in [-0.2, 0) is 14.3 Å². The van der Waals surface area contributed by atoms with Crippen molar-refractivity contribution in [1.82, 2.24) is 0 Å². The minimum atomic E-state index is -0.976. The number of Topliss-reactive ketones (excluding diaryl/α,β-unsaturated/α-hetero) is 2. The molecule has 1 heterocycles. The Morgan fingerprint density at radius 1 is 1.08 bits per heavy atom. The number of carbonyl (C=O) groups excluding carboxylic acids is 3. The molecule has 0 radical (unpaired) electrons. The highest BCUT2D eigenvalue weighted by atomic mass is 32.1. The number of esters is 1. The molecule has 2 aromatic rings. The molecule has 0 bridgehead atoms. The van der Waals surface area contributed by atoms with E-state index in [0.717, 1.165) is 5.56 Å². The fourth-order valence-electron chi connectivity index (χ4n) is 2.71. The van der Waals surface area contributed by atoms with Gasteiger partial charge in [0.05, 0.1) is 11.5 Å². The molecule has 2 rings (SSSR count). The van der Waals surface area contributed by atoms with Crippen LogP contribution in [0.4, 0.5) is 0 Å². The highest BCUT2D eigenvalue weighted by molar-refractivity contribution is 7.12. The summed E-state index contributed by atoms with van der Waals surface area (Å²) in [5.41, 5.74) is 0.788. The monoisotopic (exact) mass is 344 g/mol. The van der Waals surface area contributed by atoms with Crippen molar-refractivity contribution in [3.63, 3.8) is 0 Å². The van der Waals surface area contributed by atoms with Crippen molar-refractivity contribution in [2.75, 3.05) is 6.61 Å². The smallest absolute Gasteiger partial charge is 0.317 e. The Morgan fingerprint density at radius 3 is 2.33 bits per heavy atom. The van der Waals surface area contributed by atoms with Crippen LogP contribution in [0.25, 0.3) is 0 Å². The first-order valence-electron chi connectivity index (χ1n) is 7.83. The first kappa shape index (κ1) is 18.1. The van der Waals surface area contributed by atoms with Crippen molar-refractivity contribution < 1.29 is 19.1 Å². The number of rotatable bonds is 8. The largest absolute Gasteiger partial charge is 0.465 e. The lowest BCUT2D eigenvalue weighted by atomic mass is 9.80. The van der Waals surface area contributed by atoms with Crippen LogP contribution in [0.1, 0.15) is 41.4 Å². The van der Waals surface area contributed by atoms with Crippen LogP contribution < -0.4 is 0 Å². The topological polar surface area (TPSA) is 60.4 Å². The van der Waals surface area contributed by atoms with Crippen molar-refractivity contribution in [3.05, 3.63) is 58.3 Å². The number of thiophene rings is 1. The molecule has 0 aliphatic carbocycles. The van der Waals surface area contributed by atoms with Crippen LogP contribution in [0.3, 0.4) is 0 Å². The molecule has 0 aliphatic rings. The van der Waals surface area contributed by atoms with Gasteiger partial charge in [-0.1, -0.05) is 36.4 Å². The molecular formula is C19H20O4S. The summed E-state index contributed by atoms with van der Waals surface area (Å²) in [6.45, 7) is 3.26. The highest BCUT2D eigenvalue weighted by Gasteiger charge is 2.36. The molecule has 5 heteroatoms. The summed E-state index contributed by atoms with van der Waals surface area (Å²) in [6, 6.07) is 12.8. The first-order valence-corrected chi connectivity index (χ1v) is 8.71. The Kier molecular flexibility index (Phi) is 6.44. The van der Waals surface area contributed by atoms with E-state index in [1.165, 1.54) is 18.3 Å². The molecule has 1 aromatic carbocycles. The summed E-state index contributed by atoms with van der Waals surface area (Å²) >= 11 is 1.36. The molecule has 24 heavy (non-hydrogen) atoms. The standard InChI is InChI=1S/C19H20O4S/c1-3-23-19(22)18(13(2)20)15(14-8-5-4-6-9-14)12-16(21)17-10-7-11-24-17/h4-11,15,18H,3,12H2,1-2H3. The van der Waals surface area contributed by atoms with Gasteiger partial charge in [0.15, 0.2) is 5.78 Å². The van der Waals surface area contributed by atoms with Crippen molar-refractivity contribution in [1.29, 1.82) is 0 Å². The van der Waals surface area contributed by atoms with E-state index in [1.807, 2.05) is 41.8 Å². The van der Waals surface area contributed by atoms with Gasteiger partial charge >= 0.3 is 5.97 Å². The number of hydrogen-bond acceptors (Lipinski definition) is 5. The van der Waals surface area contributed by atoms with Crippen molar-refractivity contribution in [2.45, 2.75) is 26.2 Å². The van der Waals surface area contributed by atoms with Gasteiger partial charge in [0.25, 0.3) is 0 Å². The van der Waals surface area contributed by atoms with Crippen LogP contribution in [0.5, 0.6) is 0 Å². The zero-order chi connectivity index (χ0) is 17.5. The van der Waals surface area contributed by atoms with Gasteiger partial charge in [-0.15, -0.1) is 11.3 Å². The van der Waals surface area contributed by atoms with Gasteiger partial charge in [-0.05, 0) is 30.9 Å². The molecular weight excluding hydrogens is 324 g/mol. The van der Waals surface area contributed by atoms with E-state index in [0.29, 0.717) is 4.88 Å². The Labute approximate surface area is 145 Å². The average molecular weight is 344 g/mol. The van der Waals surface area contributed by atoms with Crippen molar-refractivity contribution >= 4 is 28.9 Å². The quantitative estimate of drug-likeness (QED) is 0.414. The maximum absolute atomic E-state index is 12.5. The van der Waals surface area contributed by atoms with Gasteiger partial charge in [0.2, 0.25) is 0 Å². The molecule has 0 aliphatic heterocycles. The molecule has 4 nitrogen and oxygen atoms in total. The molecule has 0 spiro atoms. The van der Waals surface area contributed by atoms with Gasteiger partial charge in [-0.2, -0.15) is 0 Å². The number of ether oxygens (including phenoxy) is 1. The Hall–Kier alpha value is -2.27. The second-order valence-electron chi connectivity index (χ2n) is 5.46. The van der Waals surface area contributed by atoms with E-state index in [2.05, 4.69) is 0 Å². The van der Waals surface area contributed by atoms with Crippen LogP contribution >= 0.6 is 11.3 Å². The lowest BCUT2D eigenvalue weighted by Crippen LogP contribution is -2.31. The first-order chi connectivity index (χ1) is 11.5. The summed E-state index contributed by atoms with van der Waals surface area (Å²) in [5, 5.41) is 1.83. The molecule has 0 saturated carbocycles. The number of benzene rings is 1. The fraction of sp³-hybridized carbons (Fsp3) is 0.316. The Morgan fingerprint density at radius 2 is 1.79 bits per heavy atom. The molecule has 2 atom stereocenters. The third kappa shape index (κ3) is 4.38. The maximum Gasteiger partial charge on any atom is 0.317 e. The van der Waals surface area contributed by atoms with E-state index in [-0.39, 0.29) is 24.6 Å². The normalized spacial score (nSPS) is 13.1. The zero-order valence-electron chi connectivity index (χ0n) is 13.7. The second kappa shape index (κ2) is 8.55. The van der Waals surface area contributed by atoms with E-state index >= 15 is 0 Å². The molecule has 0 saturated heterocycles. The van der Waals surface area contributed by atoms with Crippen LogP contribution in [0, 0.1) is 5.92 Å². The highest BCUT2D eigenvalue weighted by Crippen LogP contribution is 2.32. The minimum absolute atomic E-state index is 0.0746. The number of carbonyl (C=O) groups is 3. The maximum atomic E-state index is 12.5. The summed E-state index contributed by atoms with van der Waals surface area (Å²) in [4.78, 5) is 37.6. The third-order valence-corrected chi connectivity index (χ3v) is 4.72. The van der Waals surface area contributed by atoms with Crippen LogP contribution in [0.15, 0.2) is 47.8 Å². The van der Waals surface area contributed by atoms with Gasteiger partial charge in [-0.25, -0.2) is 0 Å². The average Bonchev–Trinajstić information content (AvgIpc) is 3.09. The summed E-state index contributed by atoms with van der Waals surface area (Å²) in [5.74, 6) is -2.44. The summed E-state index contributed by atoms with van der Waals surface area (Å²) in [6.07, 6.45) is 0.0909. The lowest BCUT2D eigenvalue weighted by Gasteiger charge is -2.23. The van der Waals surface area contributed by atoms with Crippen LogP contribution in [-0.4, -0.2) is 24.1 Å². The van der Waals surface area contributed by atoms with Gasteiger partial charge < -0.3 is 4.74 Å². The molecule has 0 fully saturated rings. The predicted octanol–water partition coefficient (Wildman–Crippen LogP) is 3.87. The lowest BCUT2D eigenvalue weighted by molar-refractivity contribution is -0.152. The zero-order valence-corrected chi connectivity index (χ0v) is 14.5. The van der Waals surface area contributed by atoms with Crippen molar-refractivity contribution in [3.8, 4) is 0 Å². The predicted molar refractivity (Wildman–Crippen MR) is 93.3 cm³/mol. The Bertz CT molecular complexity index is 691. The van der Waals surface area contributed by atoms with Crippen LogP contribution in [0.2, 0.25) is 0 Å². The Balaban J connectivity index is 2.36. The van der Waals surface area contributed by atoms with E-state index in [4.69, 9.17) is 4.74 Å². The van der Waals surface area contributed by atoms with Gasteiger partial charge in [0.1, 0.15) is 11.7 Å². The van der Waals surface area contributed by atoms with E-state index in [1.54, 1.807) is 13.0 Å². The van der Waals surface area contributed by atoms with E-state index in [9.17, 15) is 14.4 Å². The molecule has 126 valence electrons. The fourth-order valence-corrected chi connectivity index (χ4v) is 3.39. The molecule has 2 unspecified atom stereocenters. The van der Waals surface area contributed by atoms with Gasteiger partial charge in [-0.3, -0.25) is 14.4 Å². The third-order valence-electron chi connectivity index (χ3n) is 3.81. The van der Waals surface area contributed by atoms with Crippen molar-refractivity contribution in [2.24, 2.45) is 5.92 Å². The minimum Gasteiger partial charge on any atom is -0.465 e.